The van der Waals surface area contributed by atoms with Gasteiger partial charge >= 0.3 is 0 Å². The molecule has 0 fully saturated rings. The first-order valence-corrected chi connectivity index (χ1v) is 6.75. The van der Waals surface area contributed by atoms with Crippen LogP contribution in [0, 0.1) is 0 Å². The molecule has 3 rings (SSSR count). The summed E-state index contributed by atoms with van der Waals surface area (Å²) in [5, 5.41) is 5.73. The molecule has 1 atom stereocenters. The summed E-state index contributed by atoms with van der Waals surface area (Å²) in [6.07, 6.45) is 5.48. The van der Waals surface area contributed by atoms with Crippen LogP contribution in [0.4, 0.5) is 11.5 Å². The Kier molecular flexibility index (Phi) is 2.73. The fraction of sp³-hybridized carbons (Fsp3) is 0.308. The Labute approximate surface area is 105 Å². The first kappa shape index (κ1) is 10.6. The van der Waals surface area contributed by atoms with Crippen molar-refractivity contribution in [1.29, 1.82) is 0 Å². The molecule has 3 N–H and O–H groups in total. The van der Waals surface area contributed by atoms with Gasteiger partial charge in [0, 0.05) is 4.88 Å². The second-order valence-corrected chi connectivity index (χ2v) is 5.36. The fourth-order valence-corrected chi connectivity index (χ4v) is 3.32. The third-order valence-corrected chi connectivity index (χ3v) is 4.18. The van der Waals surface area contributed by atoms with E-state index in [1.54, 1.807) is 6.20 Å². The highest BCUT2D eigenvalue weighted by Crippen LogP contribution is 2.35. The molecule has 2 aromatic rings. The summed E-state index contributed by atoms with van der Waals surface area (Å²) in [6.45, 7) is 0. The second kappa shape index (κ2) is 4.37. The monoisotopic (exact) mass is 245 g/mol. The van der Waals surface area contributed by atoms with Gasteiger partial charge in [0.1, 0.15) is 5.82 Å². The van der Waals surface area contributed by atoms with Crippen LogP contribution >= 0.6 is 11.3 Å². The minimum absolute atomic E-state index is 0.426. The van der Waals surface area contributed by atoms with Crippen molar-refractivity contribution >= 4 is 22.8 Å². The van der Waals surface area contributed by atoms with Gasteiger partial charge in [-0.3, -0.25) is 0 Å². The van der Waals surface area contributed by atoms with Crippen LogP contribution in [0.1, 0.15) is 29.3 Å². The van der Waals surface area contributed by atoms with E-state index in [0.717, 1.165) is 5.69 Å². The highest BCUT2D eigenvalue weighted by molar-refractivity contribution is 7.10. The van der Waals surface area contributed by atoms with Crippen molar-refractivity contribution in [1.82, 2.24) is 4.98 Å². The molecule has 2 aromatic heterocycles. The molecule has 0 bridgehead atoms. The van der Waals surface area contributed by atoms with Crippen molar-refractivity contribution in [2.45, 2.75) is 25.3 Å². The Hall–Kier alpha value is -1.55. The summed E-state index contributed by atoms with van der Waals surface area (Å²) in [5.74, 6) is 0.565. The van der Waals surface area contributed by atoms with E-state index in [0.29, 0.717) is 11.9 Å². The maximum absolute atomic E-state index is 5.58. The van der Waals surface area contributed by atoms with Crippen LogP contribution in [-0.4, -0.2) is 4.98 Å². The Balaban J connectivity index is 1.81. The van der Waals surface area contributed by atoms with Gasteiger partial charge in [-0.05, 0) is 48.4 Å². The highest BCUT2D eigenvalue weighted by atomic mass is 32.1. The number of nitrogens with one attached hydrogen (secondary N) is 1. The lowest BCUT2D eigenvalue weighted by Crippen LogP contribution is -2.15. The van der Waals surface area contributed by atoms with Gasteiger partial charge in [-0.1, -0.05) is 0 Å². The van der Waals surface area contributed by atoms with Crippen LogP contribution in [-0.2, 0) is 6.42 Å². The van der Waals surface area contributed by atoms with Crippen molar-refractivity contribution in [3.63, 3.8) is 0 Å². The van der Waals surface area contributed by atoms with Crippen molar-refractivity contribution < 1.29 is 0 Å². The first-order valence-electron chi connectivity index (χ1n) is 5.87. The Morgan fingerprint density at radius 3 is 3.12 bits per heavy atom. The van der Waals surface area contributed by atoms with Gasteiger partial charge in [0.25, 0.3) is 0 Å². The van der Waals surface area contributed by atoms with E-state index in [1.807, 2.05) is 23.5 Å². The molecule has 0 aromatic carbocycles. The molecule has 17 heavy (non-hydrogen) atoms. The average Bonchev–Trinajstić information content (AvgIpc) is 2.81. The molecular weight excluding hydrogens is 230 g/mol. The summed E-state index contributed by atoms with van der Waals surface area (Å²) in [5.41, 5.74) is 8.08. The van der Waals surface area contributed by atoms with Gasteiger partial charge in [-0.25, -0.2) is 4.98 Å². The van der Waals surface area contributed by atoms with E-state index in [-0.39, 0.29) is 0 Å². The third kappa shape index (κ3) is 2.13. The Bertz CT molecular complexity index is 504. The molecule has 3 nitrogen and oxygen atoms in total. The third-order valence-electron chi connectivity index (χ3n) is 3.18. The Morgan fingerprint density at radius 1 is 1.35 bits per heavy atom. The number of nitrogens with zero attached hydrogens (tertiary/aromatic N) is 1. The molecule has 0 spiro atoms. The van der Waals surface area contributed by atoms with Crippen LogP contribution in [0.15, 0.2) is 29.8 Å². The number of nitrogen functional groups attached to an aromatic ring is 1. The first-order chi connectivity index (χ1) is 8.33. The van der Waals surface area contributed by atoms with Crippen molar-refractivity contribution in [2.24, 2.45) is 0 Å². The molecule has 2 heterocycles. The summed E-state index contributed by atoms with van der Waals surface area (Å²) in [4.78, 5) is 5.63. The molecule has 0 saturated heterocycles. The minimum atomic E-state index is 0.426. The highest BCUT2D eigenvalue weighted by Gasteiger charge is 2.20. The van der Waals surface area contributed by atoms with Gasteiger partial charge in [-0.15, -0.1) is 11.3 Å². The topological polar surface area (TPSA) is 50.9 Å². The van der Waals surface area contributed by atoms with E-state index >= 15 is 0 Å². The molecule has 0 radical (unpaired) electrons. The molecule has 4 heteroatoms. The van der Waals surface area contributed by atoms with Gasteiger partial charge in [0.2, 0.25) is 0 Å². The summed E-state index contributed by atoms with van der Waals surface area (Å²) < 4.78 is 0. The van der Waals surface area contributed by atoms with E-state index in [4.69, 9.17) is 5.73 Å². The molecule has 1 aliphatic carbocycles. The molecule has 1 aliphatic rings. The number of pyridine rings is 1. The van der Waals surface area contributed by atoms with Gasteiger partial charge < -0.3 is 11.1 Å². The molecule has 0 amide bonds. The van der Waals surface area contributed by atoms with Crippen LogP contribution < -0.4 is 11.1 Å². The summed E-state index contributed by atoms with van der Waals surface area (Å²) in [7, 11) is 0. The SMILES string of the molecule is Nc1ccc(NC2CCCc3sccc32)cn1. The maximum atomic E-state index is 5.58. The number of fused-ring (bicyclic) bond motifs is 1. The number of aromatic nitrogens is 1. The zero-order valence-corrected chi connectivity index (χ0v) is 10.3. The number of nitrogens with two attached hydrogens (primary N) is 1. The smallest absolute Gasteiger partial charge is 0.123 e. The number of anilines is 2. The van der Waals surface area contributed by atoms with Gasteiger partial charge in [-0.2, -0.15) is 0 Å². The standard InChI is InChI=1S/C13H15N3S/c14-13-5-4-9(8-15-13)16-11-2-1-3-12-10(11)6-7-17-12/h4-8,11,16H,1-3H2,(H2,14,15). The fourth-order valence-electron chi connectivity index (χ4n) is 2.33. The average molecular weight is 245 g/mol. The Morgan fingerprint density at radius 2 is 2.29 bits per heavy atom. The normalized spacial score (nSPS) is 18.7. The number of hydrogen-bond acceptors (Lipinski definition) is 4. The van der Waals surface area contributed by atoms with Crippen LogP contribution in [0.25, 0.3) is 0 Å². The summed E-state index contributed by atoms with van der Waals surface area (Å²) >= 11 is 1.87. The lowest BCUT2D eigenvalue weighted by Gasteiger charge is -2.24. The van der Waals surface area contributed by atoms with E-state index in [1.165, 1.54) is 29.7 Å². The number of hydrogen-bond donors (Lipinski definition) is 2. The van der Waals surface area contributed by atoms with Crippen LogP contribution in [0.5, 0.6) is 0 Å². The zero-order valence-electron chi connectivity index (χ0n) is 9.52. The minimum Gasteiger partial charge on any atom is -0.384 e. The largest absolute Gasteiger partial charge is 0.384 e. The van der Waals surface area contributed by atoms with E-state index in [9.17, 15) is 0 Å². The summed E-state index contributed by atoms with van der Waals surface area (Å²) in [6, 6.07) is 6.49. The quantitative estimate of drug-likeness (QED) is 0.854. The van der Waals surface area contributed by atoms with E-state index < -0.39 is 0 Å². The lowest BCUT2D eigenvalue weighted by molar-refractivity contribution is 0.608. The van der Waals surface area contributed by atoms with Gasteiger partial charge in [0.05, 0.1) is 17.9 Å². The predicted molar refractivity (Wildman–Crippen MR) is 72.3 cm³/mol. The number of rotatable bonds is 2. The van der Waals surface area contributed by atoms with E-state index in [2.05, 4.69) is 21.7 Å². The molecule has 0 saturated carbocycles. The molecule has 0 aliphatic heterocycles. The number of aryl methyl sites for hydroxylation is 1. The second-order valence-electron chi connectivity index (χ2n) is 4.36. The van der Waals surface area contributed by atoms with Crippen molar-refractivity contribution in [3.05, 3.63) is 40.2 Å². The van der Waals surface area contributed by atoms with Gasteiger partial charge in [0.15, 0.2) is 0 Å². The molecular formula is C13H15N3S. The van der Waals surface area contributed by atoms with Crippen LogP contribution in [0.2, 0.25) is 0 Å². The van der Waals surface area contributed by atoms with Crippen molar-refractivity contribution in [3.8, 4) is 0 Å². The molecule has 88 valence electrons. The predicted octanol–water partition coefficient (Wildman–Crippen LogP) is 3.21. The van der Waals surface area contributed by atoms with Crippen LogP contribution in [0.3, 0.4) is 0 Å². The molecule has 1 unspecified atom stereocenters. The maximum Gasteiger partial charge on any atom is 0.123 e. The number of thiophene rings is 1. The van der Waals surface area contributed by atoms with Crippen molar-refractivity contribution in [2.75, 3.05) is 11.1 Å². The lowest BCUT2D eigenvalue weighted by atomic mass is 9.94. The zero-order chi connectivity index (χ0) is 11.7.